The van der Waals surface area contributed by atoms with Gasteiger partial charge in [-0.2, -0.15) is 4.98 Å². The second kappa shape index (κ2) is 2.41. The quantitative estimate of drug-likeness (QED) is 0.685. The first-order valence-electron chi connectivity index (χ1n) is 3.52. The summed E-state index contributed by atoms with van der Waals surface area (Å²) >= 11 is 0. The molecule has 0 aliphatic heterocycles. The van der Waals surface area contributed by atoms with Crippen molar-refractivity contribution in [3.8, 4) is 11.8 Å². The number of imidazole rings is 1. The van der Waals surface area contributed by atoms with E-state index >= 15 is 0 Å². The fourth-order valence-electron chi connectivity index (χ4n) is 1.14. The fraction of sp³-hybridized carbons (Fsp3) is 0.125. The molecule has 4 heteroatoms. The van der Waals surface area contributed by atoms with Crippen molar-refractivity contribution in [3.63, 3.8) is 0 Å². The molecule has 62 valence electrons. The van der Waals surface area contributed by atoms with Crippen LogP contribution < -0.4 is 4.74 Å². The number of nitrogens with zero attached hydrogens (tertiary/aromatic N) is 2. The van der Waals surface area contributed by atoms with Crippen molar-refractivity contribution in [2.75, 3.05) is 7.11 Å². The molecule has 2 aromatic rings. The normalized spacial score (nSPS) is 10.4. The molecule has 0 fully saturated rings. The monoisotopic (exact) mass is 164 g/mol. The zero-order valence-corrected chi connectivity index (χ0v) is 6.56. The standard InChI is InChI=1S/C8H8N2O2/c1-12-8-4-2-3-6-9-7(11)5-10(6)8/h2-5,11H,1H3. The Morgan fingerprint density at radius 1 is 1.50 bits per heavy atom. The maximum Gasteiger partial charge on any atom is 0.230 e. The summed E-state index contributed by atoms with van der Waals surface area (Å²) in [6.45, 7) is 0. The van der Waals surface area contributed by atoms with Crippen LogP contribution in [0.15, 0.2) is 24.4 Å². The Kier molecular flexibility index (Phi) is 1.40. The highest BCUT2D eigenvalue weighted by Gasteiger charge is 2.02. The number of aromatic hydroxyl groups is 1. The van der Waals surface area contributed by atoms with Crippen molar-refractivity contribution in [3.05, 3.63) is 24.4 Å². The zero-order chi connectivity index (χ0) is 8.55. The van der Waals surface area contributed by atoms with Crippen molar-refractivity contribution in [2.24, 2.45) is 0 Å². The maximum absolute atomic E-state index is 9.09. The Hall–Kier alpha value is -1.71. The summed E-state index contributed by atoms with van der Waals surface area (Å²) in [7, 11) is 1.58. The van der Waals surface area contributed by atoms with E-state index in [1.54, 1.807) is 23.6 Å². The number of ether oxygens (including phenoxy) is 1. The highest BCUT2D eigenvalue weighted by molar-refractivity contribution is 5.44. The molecular weight excluding hydrogens is 156 g/mol. The molecule has 1 N–H and O–H groups in total. The predicted octanol–water partition coefficient (Wildman–Crippen LogP) is 1.05. The van der Waals surface area contributed by atoms with Crippen LogP contribution in [-0.4, -0.2) is 21.6 Å². The summed E-state index contributed by atoms with van der Waals surface area (Å²) in [6, 6.07) is 5.41. The van der Waals surface area contributed by atoms with E-state index in [-0.39, 0.29) is 5.88 Å². The van der Waals surface area contributed by atoms with Gasteiger partial charge in [-0.05, 0) is 12.1 Å². The minimum Gasteiger partial charge on any atom is -0.492 e. The second-order valence-electron chi connectivity index (χ2n) is 2.40. The number of methoxy groups -OCH3 is 1. The van der Waals surface area contributed by atoms with Crippen LogP contribution in [0.2, 0.25) is 0 Å². The summed E-state index contributed by atoms with van der Waals surface area (Å²) in [4.78, 5) is 3.86. The first-order chi connectivity index (χ1) is 5.81. The van der Waals surface area contributed by atoms with Gasteiger partial charge in [0.2, 0.25) is 5.88 Å². The summed E-state index contributed by atoms with van der Waals surface area (Å²) in [6.07, 6.45) is 1.51. The topological polar surface area (TPSA) is 46.8 Å². The third kappa shape index (κ3) is 0.887. The lowest BCUT2D eigenvalue weighted by molar-refractivity contribution is 0.391. The molecule has 2 heterocycles. The average molecular weight is 164 g/mol. The smallest absolute Gasteiger partial charge is 0.230 e. The minimum atomic E-state index is -0.000463. The number of hydrogen-bond acceptors (Lipinski definition) is 3. The van der Waals surface area contributed by atoms with E-state index in [1.807, 2.05) is 6.07 Å². The molecule has 0 aliphatic rings. The van der Waals surface area contributed by atoms with E-state index in [1.165, 1.54) is 6.20 Å². The third-order valence-corrected chi connectivity index (χ3v) is 1.65. The summed E-state index contributed by atoms with van der Waals surface area (Å²) in [5, 5.41) is 9.09. The molecule has 0 atom stereocenters. The molecule has 0 aromatic carbocycles. The van der Waals surface area contributed by atoms with E-state index in [0.717, 1.165) is 0 Å². The molecule has 0 saturated heterocycles. The van der Waals surface area contributed by atoms with Gasteiger partial charge in [-0.15, -0.1) is 0 Å². The van der Waals surface area contributed by atoms with Crippen LogP contribution in [0.3, 0.4) is 0 Å². The molecule has 0 radical (unpaired) electrons. The van der Waals surface area contributed by atoms with Gasteiger partial charge in [-0.3, -0.25) is 4.40 Å². The van der Waals surface area contributed by atoms with Crippen LogP contribution in [0.25, 0.3) is 5.65 Å². The van der Waals surface area contributed by atoms with Crippen molar-refractivity contribution < 1.29 is 9.84 Å². The Morgan fingerprint density at radius 2 is 2.33 bits per heavy atom. The minimum absolute atomic E-state index is 0.000463. The van der Waals surface area contributed by atoms with Gasteiger partial charge in [-0.25, -0.2) is 0 Å². The van der Waals surface area contributed by atoms with Crippen LogP contribution in [0.5, 0.6) is 11.8 Å². The van der Waals surface area contributed by atoms with E-state index in [4.69, 9.17) is 9.84 Å². The molecule has 0 aliphatic carbocycles. The molecule has 12 heavy (non-hydrogen) atoms. The first-order valence-corrected chi connectivity index (χ1v) is 3.52. The molecule has 2 aromatic heterocycles. The number of aromatic nitrogens is 2. The van der Waals surface area contributed by atoms with Gasteiger partial charge in [0.15, 0.2) is 5.88 Å². The molecule has 2 rings (SSSR count). The lowest BCUT2D eigenvalue weighted by Crippen LogP contribution is -1.91. The van der Waals surface area contributed by atoms with Crippen LogP contribution in [-0.2, 0) is 0 Å². The number of fused-ring (bicyclic) bond motifs is 1. The Bertz CT molecular complexity index is 408. The van der Waals surface area contributed by atoms with Crippen molar-refractivity contribution >= 4 is 5.65 Å². The number of hydrogen-bond donors (Lipinski definition) is 1. The fourth-order valence-corrected chi connectivity index (χ4v) is 1.14. The van der Waals surface area contributed by atoms with Gasteiger partial charge in [0.1, 0.15) is 5.65 Å². The number of pyridine rings is 1. The molecule has 0 saturated carbocycles. The SMILES string of the molecule is COc1cccc2nc(O)cn12. The predicted molar refractivity (Wildman–Crippen MR) is 43.4 cm³/mol. The van der Waals surface area contributed by atoms with Gasteiger partial charge in [-0.1, -0.05) is 6.07 Å². The highest BCUT2D eigenvalue weighted by Crippen LogP contribution is 2.17. The zero-order valence-electron chi connectivity index (χ0n) is 6.56. The van der Waals surface area contributed by atoms with E-state index in [9.17, 15) is 0 Å². The average Bonchev–Trinajstić information content (AvgIpc) is 2.44. The van der Waals surface area contributed by atoms with Crippen LogP contribution in [0.1, 0.15) is 0 Å². The molecular formula is C8H8N2O2. The Labute approximate surface area is 69.0 Å². The van der Waals surface area contributed by atoms with Crippen LogP contribution >= 0.6 is 0 Å². The van der Waals surface area contributed by atoms with E-state index < -0.39 is 0 Å². The van der Waals surface area contributed by atoms with E-state index in [2.05, 4.69) is 4.98 Å². The third-order valence-electron chi connectivity index (χ3n) is 1.65. The van der Waals surface area contributed by atoms with Crippen molar-refractivity contribution in [2.45, 2.75) is 0 Å². The molecule has 0 spiro atoms. The van der Waals surface area contributed by atoms with Gasteiger partial charge >= 0.3 is 0 Å². The van der Waals surface area contributed by atoms with Crippen LogP contribution in [0, 0.1) is 0 Å². The highest BCUT2D eigenvalue weighted by atomic mass is 16.5. The lowest BCUT2D eigenvalue weighted by Gasteiger charge is -2.00. The van der Waals surface area contributed by atoms with Gasteiger partial charge < -0.3 is 9.84 Å². The lowest BCUT2D eigenvalue weighted by atomic mass is 10.4. The van der Waals surface area contributed by atoms with Crippen molar-refractivity contribution in [1.29, 1.82) is 0 Å². The second-order valence-corrected chi connectivity index (χ2v) is 2.40. The first kappa shape index (κ1) is 6.97. The van der Waals surface area contributed by atoms with Gasteiger partial charge in [0.05, 0.1) is 13.3 Å². The summed E-state index contributed by atoms with van der Waals surface area (Å²) in [5.74, 6) is 0.653. The Morgan fingerprint density at radius 3 is 3.08 bits per heavy atom. The van der Waals surface area contributed by atoms with Crippen molar-refractivity contribution in [1.82, 2.24) is 9.38 Å². The Balaban J connectivity index is 2.78. The van der Waals surface area contributed by atoms with Gasteiger partial charge in [0.25, 0.3) is 0 Å². The molecule has 0 unspecified atom stereocenters. The van der Waals surface area contributed by atoms with Crippen LogP contribution in [0.4, 0.5) is 0 Å². The van der Waals surface area contributed by atoms with E-state index in [0.29, 0.717) is 11.5 Å². The largest absolute Gasteiger partial charge is 0.492 e. The van der Waals surface area contributed by atoms with Gasteiger partial charge in [0, 0.05) is 0 Å². The molecule has 0 amide bonds. The summed E-state index contributed by atoms with van der Waals surface area (Å²) in [5.41, 5.74) is 0.673. The maximum atomic E-state index is 9.09. The summed E-state index contributed by atoms with van der Waals surface area (Å²) < 4.78 is 6.73. The number of rotatable bonds is 1. The molecule has 4 nitrogen and oxygen atoms in total. The molecule has 0 bridgehead atoms.